The van der Waals surface area contributed by atoms with Gasteiger partial charge in [0.1, 0.15) is 0 Å². The first kappa shape index (κ1) is 25.2. The molecule has 1 unspecified atom stereocenters. The van der Waals surface area contributed by atoms with Crippen molar-refractivity contribution in [2.24, 2.45) is 0 Å². The van der Waals surface area contributed by atoms with Gasteiger partial charge in [-0.3, -0.25) is 9.59 Å². The number of carbonyl (C=O) groups is 2. The number of para-hydroxylation sites is 2. The Bertz CT molecular complexity index is 1840. The number of sulfonamides is 1. The third-order valence-electron chi connectivity index (χ3n) is 7.37. The lowest BCUT2D eigenvalue weighted by Crippen LogP contribution is -2.39. The van der Waals surface area contributed by atoms with Crippen molar-refractivity contribution in [2.75, 3.05) is 13.1 Å². The Morgan fingerprint density at radius 1 is 0.744 bits per heavy atom. The molecular weight excluding hydrogens is 512 g/mol. The lowest BCUT2D eigenvalue weighted by molar-refractivity contribution is 0.0979. The number of ketones is 2. The molecule has 39 heavy (non-hydrogen) atoms. The van der Waals surface area contributed by atoms with E-state index in [1.54, 1.807) is 31.2 Å². The summed E-state index contributed by atoms with van der Waals surface area (Å²) < 4.78 is 30.5. The van der Waals surface area contributed by atoms with E-state index in [9.17, 15) is 23.1 Å². The van der Waals surface area contributed by atoms with E-state index >= 15 is 0 Å². The molecule has 0 fully saturated rings. The molecule has 7 nitrogen and oxygen atoms in total. The summed E-state index contributed by atoms with van der Waals surface area (Å²) in [6.45, 7) is 1.90. The van der Waals surface area contributed by atoms with Gasteiger partial charge in [-0.15, -0.1) is 0 Å². The van der Waals surface area contributed by atoms with Gasteiger partial charge in [-0.25, -0.2) is 8.42 Å². The minimum absolute atomic E-state index is 0.0710. The van der Waals surface area contributed by atoms with Crippen LogP contribution in [0.25, 0.3) is 21.8 Å². The molecule has 0 radical (unpaired) electrons. The molecule has 0 spiro atoms. The number of carbonyl (C=O) groups excluding carboxylic acids is 2. The highest BCUT2D eigenvalue weighted by Gasteiger charge is 2.32. The molecule has 1 N–H and O–H groups in total. The van der Waals surface area contributed by atoms with Gasteiger partial charge >= 0.3 is 0 Å². The average Bonchev–Trinajstić information content (AvgIpc) is 3.27. The van der Waals surface area contributed by atoms with Crippen LogP contribution in [0.15, 0.2) is 95.9 Å². The van der Waals surface area contributed by atoms with Crippen LogP contribution in [-0.2, 0) is 16.6 Å². The van der Waals surface area contributed by atoms with Crippen molar-refractivity contribution < 1.29 is 23.1 Å². The van der Waals surface area contributed by atoms with Crippen LogP contribution in [0.3, 0.4) is 0 Å². The number of rotatable bonds is 7. The van der Waals surface area contributed by atoms with Gasteiger partial charge in [-0.05, 0) is 30.3 Å². The second kappa shape index (κ2) is 9.57. The zero-order chi connectivity index (χ0) is 27.3. The molecule has 0 bridgehead atoms. The number of fused-ring (bicyclic) bond motifs is 5. The summed E-state index contributed by atoms with van der Waals surface area (Å²) in [6, 6.07) is 26.4. The van der Waals surface area contributed by atoms with Gasteiger partial charge in [0, 0.05) is 57.1 Å². The topological polar surface area (TPSA) is 96.7 Å². The highest BCUT2D eigenvalue weighted by molar-refractivity contribution is 7.89. The van der Waals surface area contributed by atoms with E-state index in [1.807, 2.05) is 53.1 Å². The van der Waals surface area contributed by atoms with E-state index in [0.717, 1.165) is 21.8 Å². The second-order valence-corrected chi connectivity index (χ2v) is 11.6. The van der Waals surface area contributed by atoms with Gasteiger partial charge < -0.3 is 9.67 Å². The molecule has 6 rings (SSSR count). The van der Waals surface area contributed by atoms with Crippen molar-refractivity contribution in [3.8, 4) is 0 Å². The summed E-state index contributed by atoms with van der Waals surface area (Å²) >= 11 is 0. The maximum atomic E-state index is 13.7. The summed E-state index contributed by atoms with van der Waals surface area (Å²) in [6.07, 6.45) is -0.994. The lowest BCUT2D eigenvalue weighted by Gasteiger charge is -2.25. The van der Waals surface area contributed by atoms with Crippen molar-refractivity contribution in [3.05, 3.63) is 113 Å². The molecule has 196 valence electrons. The Hall–Kier alpha value is -4.11. The quantitative estimate of drug-likeness (QED) is 0.319. The van der Waals surface area contributed by atoms with Crippen LogP contribution >= 0.6 is 0 Å². The molecule has 0 aliphatic heterocycles. The predicted molar refractivity (Wildman–Crippen MR) is 150 cm³/mol. The summed E-state index contributed by atoms with van der Waals surface area (Å²) in [5, 5.41) is 13.2. The molecule has 0 saturated heterocycles. The van der Waals surface area contributed by atoms with Crippen molar-refractivity contribution in [2.45, 2.75) is 24.5 Å². The molecule has 1 heterocycles. The van der Waals surface area contributed by atoms with Gasteiger partial charge in [-0.1, -0.05) is 67.6 Å². The van der Waals surface area contributed by atoms with Crippen LogP contribution in [0.5, 0.6) is 0 Å². The largest absolute Gasteiger partial charge is 0.390 e. The van der Waals surface area contributed by atoms with Gasteiger partial charge in [-0.2, -0.15) is 4.31 Å². The Kier molecular flexibility index (Phi) is 6.18. The van der Waals surface area contributed by atoms with Crippen molar-refractivity contribution >= 4 is 43.4 Å². The predicted octanol–water partition coefficient (Wildman–Crippen LogP) is 4.64. The number of likely N-dealkylation sites (N-methyl/N-ethyl adjacent to an activating group) is 1. The van der Waals surface area contributed by atoms with E-state index < -0.39 is 16.1 Å². The van der Waals surface area contributed by atoms with Crippen molar-refractivity contribution in [1.29, 1.82) is 0 Å². The zero-order valence-electron chi connectivity index (χ0n) is 21.2. The first-order chi connectivity index (χ1) is 18.8. The fraction of sp³-hybridized carbons (Fsp3) is 0.161. The summed E-state index contributed by atoms with van der Waals surface area (Å²) in [5.74, 6) is -0.690. The Balaban J connectivity index is 1.30. The van der Waals surface area contributed by atoms with Crippen LogP contribution in [-0.4, -0.2) is 53.2 Å². The molecule has 1 aliphatic carbocycles. The maximum absolute atomic E-state index is 13.7. The Morgan fingerprint density at radius 3 is 1.85 bits per heavy atom. The molecule has 0 amide bonds. The number of nitrogens with zero attached hydrogens (tertiary/aromatic N) is 2. The van der Waals surface area contributed by atoms with Crippen LogP contribution in [0.2, 0.25) is 0 Å². The molecule has 0 saturated carbocycles. The van der Waals surface area contributed by atoms with Crippen LogP contribution in [0, 0.1) is 0 Å². The van der Waals surface area contributed by atoms with Gasteiger partial charge in [0.15, 0.2) is 11.6 Å². The van der Waals surface area contributed by atoms with Gasteiger partial charge in [0.2, 0.25) is 10.0 Å². The number of hydrogen-bond acceptors (Lipinski definition) is 5. The Labute approximate surface area is 226 Å². The standard InChI is InChI=1S/C31H26N2O5S/c1-2-32(18-20(34)19-33-28-13-7-5-9-22(28)23-10-6-8-14-29(23)33)39(37,38)21-15-16-26-27(17-21)31(36)25-12-4-3-11-24(25)30(26)35/h3-17,20,34H,2,18-19H2,1H3. The highest BCUT2D eigenvalue weighted by Crippen LogP contribution is 2.31. The van der Waals surface area contributed by atoms with Crippen molar-refractivity contribution in [1.82, 2.24) is 8.87 Å². The molecule has 1 aliphatic rings. The van der Waals surface area contributed by atoms with E-state index in [0.29, 0.717) is 5.56 Å². The number of aliphatic hydroxyl groups excluding tert-OH is 1. The normalized spacial score (nSPS) is 14.1. The molecular formula is C31H26N2O5S. The van der Waals surface area contributed by atoms with E-state index in [-0.39, 0.29) is 52.8 Å². The zero-order valence-corrected chi connectivity index (χ0v) is 22.1. The molecule has 5 aromatic rings. The number of aromatic nitrogens is 1. The van der Waals surface area contributed by atoms with E-state index in [2.05, 4.69) is 0 Å². The van der Waals surface area contributed by atoms with Gasteiger partial charge in [0.25, 0.3) is 0 Å². The first-order valence-electron chi connectivity index (χ1n) is 12.8. The summed E-state index contributed by atoms with van der Waals surface area (Å²) in [5.41, 5.74) is 2.75. The Morgan fingerprint density at radius 2 is 1.26 bits per heavy atom. The van der Waals surface area contributed by atoms with E-state index in [4.69, 9.17) is 0 Å². The average molecular weight is 539 g/mol. The number of benzene rings is 4. The SMILES string of the molecule is CCN(CC(O)Cn1c2ccccc2c2ccccc21)S(=O)(=O)c1ccc2c(c1)C(=O)c1ccccc1C2=O. The first-order valence-corrected chi connectivity index (χ1v) is 14.2. The third-order valence-corrected chi connectivity index (χ3v) is 9.31. The molecule has 8 heteroatoms. The monoisotopic (exact) mass is 538 g/mol. The number of hydrogen-bond donors (Lipinski definition) is 1. The van der Waals surface area contributed by atoms with Crippen LogP contribution in [0.1, 0.15) is 38.8 Å². The maximum Gasteiger partial charge on any atom is 0.243 e. The lowest BCUT2D eigenvalue weighted by atomic mass is 9.84. The fourth-order valence-electron chi connectivity index (χ4n) is 5.49. The second-order valence-electron chi connectivity index (χ2n) is 9.67. The smallest absolute Gasteiger partial charge is 0.243 e. The van der Waals surface area contributed by atoms with E-state index in [1.165, 1.54) is 22.5 Å². The minimum atomic E-state index is -4.06. The molecule has 1 aromatic heterocycles. The number of aliphatic hydroxyl groups is 1. The summed E-state index contributed by atoms with van der Waals surface area (Å²) in [4.78, 5) is 26.0. The van der Waals surface area contributed by atoms with Gasteiger partial charge in [0.05, 0.1) is 17.5 Å². The third kappa shape index (κ3) is 4.08. The van der Waals surface area contributed by atoms with Crippen LogP contribution < -0.4 is 0 Å². The molecule has 4 aromatic carbocycles. The minimum Gasteiger partial charge on any atom is -0.390 e. The summed E-state index contributed by atoms with van der Waals surface area (Å²) in [7, 11) is -4.06. The van der Waals surface area contributed by atoms with Crippen LogP contribution in [0.4, 0.5) is 0 Å². The fourth-order valence-corrected chi connectivity index (χ4v) is 7.00. The van der Waals surface area contributed by atoms with Crippen molar-refractivity contribution in [3.63, 3.8) is 0 Å². The molecule has 1 atom stereocenters. The highest BCUT2D eigenvalue weighted by atomic mass is 32.2.